The van der Waals surface area contributed by atoms with Crippen LogP contribution in [0.4, 0.5) is 0 Å². The number of hydrogen-bond donors (Lipinski definition) is 2. The summed E-state index contributed by atoms with van der Waals surface area (Å²) in [6.45, 7) is 2.58. The number of nitrogens with one attached hydrogen (secondary N) is 2. The van der Waals surface area contributed by atoms with Crippen LogP contribution in [0.2, 0.25) is 0 Å². The van der Waals surface area contributed by atoms with Gasteiger partial charge < -0.3 is 5.32 Å². The summed E-state index contributed by atoms with van der Waals surface area (Å²) in [7, 11) is -3.15. The number of piperidine rings is 1. The first-order chi connectivity index (χ1) is 9.16. The molecule has 0 aromatic heterocycles. The van der Waals surface area contributed by atoms with Crippen molar-refractivity contribution in [1.29, 1.82) is 0 Å². The van der Waals surface area contributed by atoms with Crippen molar-refractivity contribution in [2.24, 2.45) is 5.92 Å². The van der Waals surface area contributed by atoms with Crippen molar-refractivity contribution in [3.05, 3.63) is 35.9 Å². The molecule has 0 amide bonds. The maximum Gasteiger partial charge on any atom is 0.211 e. The summed E-state index contributed by atoms with van der Waals surface area (Å²) in [6.07, 6.45) is 2.69. The Bertz CT molecular complexity index is 467. The minimum absolute atomic E-state index is 0.169. The van der Waals surface area contributed by atoms with Crippen LogP contribution in [0.15, 0.2) is 30.3 Å². The lowest BCUT2D eigenvalue weighted by atomic mass is 9.99. The topological polar surface area (TPSA) is 58.2 Å². The quantitative estimate of drug-likeness (QED) is 0.823. The van der Waals surface area contributed by atoms with Gasteiger partial charge in [0.2, 0.25) is 10.0 Å². The Labute approximate surface area is 115 Å². The van der Waals surface area contributed by atoms with E-state index in [0.717, 1.165) is 31.5 Å². The van der Waals surface area contributed by atoms with Crippen LogP contribution in [-0.2, 0) is 16.4 Å². The fourth-order valence-corrected chi connectivity index (χ4v) is 3.44. The van der Waals surface area contributed by atoms with Gasteiger partial charge in [0.1, 0.15) is 0 Å². The standard InChI is InChI=1S/C14H22N2O2S/c17-19(18,11-8-13-4-2-1-3-5-13)16-12-14-6-9-15-10-7-14/h1-5,14-16H,6-12H2. The van der Waals surface area contributed by atoms with Crippen LogP contribution in [0.25, 0.3) is 0 Å². The monoisotopic (exact) mass is 282 g/mol. The van der Waals surface area contributed by atoms with Crippen LogP contribution in [0.1, 0.15) is 18.4 Å². The first-order valence-corrected chi connectivity index (χ1v) is 8.53. The molecule has 1 fully saturated rings. The molecule has 0 bridgehead atoms. The van der Waals surface area contributed by atoms with Crippen LogP contribution in [0, 0.1) is 5.92 Å². The predicted octanol–water partition coefficient (Wildman–Crippen LogP) is 1.15. The van der Waals surface area contributed by atoms with E-state index in [4.69, 9.17) is 0 Å². The van der Waals surface area contributed by atoms with Crippen LogP contribution < -0.4 is 10.0 Å². The van der Waals surface area contributed by atoms with Gasteiger partial charge in [0, 0.05) is 6.54 Å². The summed E-state index contributed by atoms with van der Waals surface area (Å²) in [5.74, 6) is 0.648. The van der Waals surface area contributed by atoms with Crippen molar-refractivity contribution in [2.75, 3.05) is 25.4 Å². The lowest BCUT2D eigenvalue weighted by molar-refractivity contribution is 0.372. The number of rotatable bonds is 6. The summed E-state index contributed by atoms with van der Waals surface area (Å²) < 4.78 is 26.6. The largest absolute Gasteiger partial charge is 0.317 e. The molecule has 0 radical (unpaired) electrons. The predicted molar refractivity (Wildman–Crippen MR) is 77.5 cm³/mol. The van der Waals surface area contributed by atoms with E-state index in [1.54, 1.807) is 0 Å². The number of sulfonamides is 1. The van der Waals surface area contributed by atoms with Gasteiger partial charge in [0.15, 0.2) is 0 Å². The highest BCUT2D eigenvalue weighted by molar-refractivity contribution is 7.89. The highest BCUT2D eigenvalue weighted by Crippen LogP contribution is 2.10. The Kier molecular flexibility index (Phi) is 5.36. The second kappa shape index (κ2) is 7.03. The van der Waals surface area contributed by atoms with Gasteiger partial charge >= 0.3 is 0 Å². The zero-order chi connectivity index (χ0) is 13.6. The molecular formula is C14H22N2O2S. The third kappa shape index (κ3) is 5.30. The SMILES string of the molecule is O=S(=O)(CCc1ccccc1)NCC1CCNCC1. The molecule has 1 aromatic carbocycles. The lowest BCUT2D eigenvalue weighted by Crippen LogP contribution is -2.37. The maximum absolute atomic E-state index is 11.9. The van der Waals surface area contributed by atoms with Crippen LogP contribution in [0.3, 0.4) is 0 Å². The van der Waals surface area contributed by atoms with E-state index in [0.29, 0.717) is 18.9 Å². The summed E-state index contributed by atoms with van der Waals surface area (Å²) in [4.78, 5) is 0. The molecule has 5 heteroatoms. The van der Waals surface area contributed by atoms with Crippen molar-refractivity contribution >= 4 is 10.0 Å². The normalized spacial score (nSPS) is 17.5. The smallest absolute Gasteiger partial charge is 0.211 e. The summed E-state index contributed by atoms with van der Waals surface area (Å²) in [6, 6.07) is 9.73. The van der Waals surface area contributed by atoms with E-state index in [2.05, 4.69) is 10.0 Å². The van der Waals surface area contributed by atoms with E-state index in [1.807, 2.05) is 30.3 Å². The molecule has 1 heterocycles. The summed E-state index contributed by atoms with van der Waals surface area (Å²) in [5, 5.41) is 3.28. The Morgan fingerprint density at radius 1 is 1.16 bits per heavy atom. The Morgan fingerprint density at radius 2 is 1.84 bits per heavy atom. The van der Waals surface area contributed by atoms with Gasteiger partial charge in [0.25, 0.3) is 0 Å². The zero-order valence-corrected chi connectivity index (χ0v) is 12.0. The van der Waals surface area contributed by atoms with E-state index < -0.39 is 10.0 Å². The maximum atomic E-state index is 11.9. The molecule has 0 atom stereocenters. The number of benzene rings is 1. The van der Waals surface area contributed by atoms with Crippen LogP contribution in [-0.4, -0.2) is 33.8 Å². The lowest BCUT2D eigenvalue weighted by Gasteiger charge is -2.22. The van der Waals surface area contributed by atoms with Crippen LogP contribution >= 0.6 is 0 Å². The fraction of sp³-hybridized carbons (Fsp3) is 0.571. The molecule has 106 valence electrons. The molecule has 0 aliphatic carbocycles. The molecule has 1 saturated heterocycles. The van der Waals surface area contributed by atoms with Crippen molar-refractivity contribution in [2.45, 2.75) is 19.3 Å². The second-order valence-electron chi connectivity index (χ2n) is 5.10. The average Bonchev–Trinajstić information content (AvgIpc) is 2.46. The first-order valence-electron chi connectivity index (χ1n) is 6.88. The summed E-state index contributed by atoms with van der Waals surface area (Å²) in [5.41, 5.74) is 1.06. The van der Waals surface area contributed by atoms with Gasteiger partial charge in [-0.15, -0.1) is 0 Å². The van der Waals surface area contributed by atoms with E-state index >= 15 is 0 Å². The van der Waals surface area contributed by atoms with Crippen molar-refractivity contribution < 1.29 is 8.42 Å². The molecule has 1 aromatic rings. The molecule has 1 aliphatic rings. The minimum atomic E-state index is -3.15. The molecule has 0 spiro atoms. The third-order valence-electron chi connectivity index (χ3n) is 3.55. The molecule has 19 heavy (non-hydrogen) atoms. The van der Waals surface area contributed by atoms with Gasteiger partial charge in [-0.2, -0.15) is 0 Å². The number of aryl methyl sites for hydroxylation is 1. The first kappa shape index (κ1) is 14.5. The minimum Gasteiger partial charge on any atom is -0.317 e. The zero-order valence-electron chi connectivity index (χ0n) is 11.1. The van der Waals surface area contributed by atoms with E-state index in [1.165, 1.54) is 0 Å². The Hall–Kier alpha value is -0.910. The van der Waals surface area contributed by atoms with Gasteiger partial charge in [0.05, 0.1) is 5.75 Å². The van der Waals surface area contributed by atoms with Crippen molar-refractivity contribution in [1.82, 2.24) is 10.0 Å². The molecule has 2 N–H and O–H groups in total. The van der Waals surface area contributed by atoms with E-state index in [9.17, 15) is 8.42 Å². The van der Waals surface area contributed by atoms with E-state index in [-0.39, 0.29) is 5.75 Å². The Morgan fingerprint density at radius 3 is 2.53 bits per heavy atom. The van der Waals surface area contributed by atoms with Gasteiger partial charge in [-0.05, 0) is 43.8 Å². The molecule has 0 unspecified atom stereocenters. The van der Waals surface area contributed by atoms with Crippen LogP contribution in [0.5, 0.6) is 0 Å². The van der Waals surface area contributed by atoms with Crippen molar-refractivity contribution in [3.8, 4) is 0 Å². The molecular weight excluding hydrogens is 260 g/mol. The molecule has 1 aliphatic heterocycles. The highest BCUT2D eigenvalue weighted by atomic mass is 32.2. The second-order valence-corrected chi connectivity index (χ2v) is 7.02. The summed E-state index contributed by atoms with van der Waals surface area (Å²) >= 11 is 0. The highest BCUT2D eigenvalue weighted by Gasteiger charge is 2.16. The van der Waals surface area contributed by atoms with Gasteiger partial charge in [-0.1, -0.05) is 30.3 Å². The molecule has 2 rings (SSSR count). The van der Waals surface area contributed by atoms with Gasteiger partial charge in [-0.3, -0.25) is 0 Å². The van der Waals surface area contributed by atoms with Crippen molar-refractivity contribution in [3.63, 3.8) is 0 Å². The fourth-order valence-electron chi connectivity index (χ4n) is 2.30. The molecule has 4 nitrogen and oxygen atoms in total. The molecule has 0 saturated carbocycles. The third-order valence-corrected chi connectivity index (χ3v) is 4.90. The Balaban J connectivity index is 1.75. The number of hydrogen-bond acceptors (Lipinski definition) is 3. The van der Waals surface area contributed by atoms with Gasteiger partial charge in [-0.25, -0.2) is 13.1 Å². The average molecular weight is 282 g/mol.